The molecular formula is C56H50N8O2. The second-order valence-corrected chi connectivity index (χ2v) is 17.8. The standard InChI is InChI=1S/C56H50N8O2/c1-35-7-29-53-49(31-35)57-55(65-53)41-17-25-45(26-18-41)63-51(33-47(59-63)37-13-21-43(22-14-37)61(3)4)39-9-11-40(12-10-39)52-34-48(38-15-23-44(24-16-38)62(5)6)60-64(52)46-27-19-42(20-28-46)56-58-50-32-36(2)8-30-54(50)66-56/h7-32,51-52H,33-34H2,1-6H3. The Morgan fingerprint density at radius 2 is 0.803 bits per heavy atom. The minimum Gasteiger partial charge on any atom is -0.436 e. The normalized spacial score (nSPS) is 16.0. The molecule has 0 bridgehead atoms. The van der Waals surface area contributed by atoms with Crippen molar-refractivity contribution in [2.24, 2.45) is 10.2 Å². The molecular weight excluding hydrogens is 817 g/mol. The fourth-order valence-electron chi connectivity index (χ4n) is 9.04. The van der Waals surface area contributed by atoms with Gasteiger partial charge in [0.15, 0.2) is 11.2 Å². The molecule has 11 rings (SSSR count). The van der Waals surface area contributed by atoms with E-state index in [1.807, 2.05) is 24.3 Å². The molecule has 0 aliphatic carbocycles. The molecule has 10 heteroatoms. The van der Waals surface area contributed by atoms with Gasteiger partial charge in [-0.1, -0.05) is 60.7 Å². The molecule has 66 heavy (non-hydrogen) atoms. The zero-order valence-electron chi connectivity index (χ0n) is 38.0. The molecule has 0 saturated heterocycles. The third kappa shape index (κ3) is 7.74. The van der Waals surface area contributed by atoms with Gasteiger partial charge in [-0.2, -0.15) is 10.2 Å². The molecule has 0 N–H and O–H groups in total. The molecule has 2 aromatic heterocycles. The number of nitrogens with zero attached hydrogens (tertiary/aromatic N) is 8. The lowest BCUT2D eigenvalue weighted by Crippen LogP contribution is -2.20. The average molecular weight is 867 g/mol. The molecule has 7 aromatic carbocycles. The van der Waals surface area contributed by atoms with Crippen LogP contribution in [0.4, 0.5) is 22.7 Å². The highest BCUT2D eigenvalue weighted by Gasteiger charge is 2.33. The number of benzene rings is 7. The van der Waals surface area contributed by atoms with Crippen LogP contribution in [0.3, 0.4) is 0 Å². The maximum absolute atomic E-state index is 6.16. The first-order valence-corrected chi connectivity index (χ1v) is 22.4. The van der Waals surface area contributed by atoms with Crippen LogP contribution >= 0.6 is 0 Å². The van der Waals surface area contributed by atoms with Gasteiger partial charge in [0, 0.05) is 63.5 Å². The van der Waals surface area contributed by atoms with E-state index in [1.165, 1.54) is 11.1 Å². The zero-order valence-corrected chi connectivity index (χ0v) is 38.0. The molecule has 0 fully saturated rings. The topological polar surface area (TPSA) is 89.7 Å². The summed E-state index contributed by atoms with van der Waals surface area (Å²) in [6, 6.07) is 55.3. The van der Waals surface area contributed by atoms with Crippen LogP contribution in [0.5, 0.6) is 0 Å². The van der Waals surface area contributed by atoms with Crippen molar-refractivity contribution in [1.82, 2.24) is 9.97 Å². The summed E-state index contributed by atoms with van der Waals surface area (Å²) < 4.78 is 12.3. The molecule has 326 valence electrons. The Kier molecular flexibility index (Phi) is 10.2. The van der Waals surface area contributed by atoms with Gasteiger partial charge in [0.1, 0.15) is 11.0 Å². The second-order valence-electron chi connectivity index (χ2n) is 17.8. The summed E-state index contributed by atoms with van der Waals surface area (Å²) in [6.07, 6.45) is 1.51. The van der Waals surface area contributed by atoms with Crippen molar-refractivity contribution in [3.63, 3.8) is 0 Å². The minimum absolute atomic E-state index is 0.0225. The molecule has 2 atom stereocenters. The zero-order chi connectivity index (χ0) is 45.1. The number of hydrazone groups is 2. The van der Waals surface area contributed by atoms with Gasteiger partial charge in [-0.25, -0.2) is 9.97 Å². The monoisotopic (exact) mass is 866 g/mol. The Morgan fingerprint density at radius 1 is 0.439 bits per heavy atom. The van der Waals surface area contributed by atoms with Gasteiger partial charge in [-0.15, -0.1) is 0 Å². The largest absolute Gasteiger partial charge is 0.436 e. The van der Waals surface area contributed by atoms with Gasteiger partial charge < -0.3 is 18.6 Å². The SMILES string of the molecule is Cc1ccc2oc(-c3ccc(N4N=C(c5ccc(N(C)C)cc5)CC4c4ccc(C5CC(c6ccc(N(C)C)cc6)=NN5c5ccc(-c6nc7cc(C)ccc7o6)cc5)cc4)cc3)nc2c1. The first kappa shape index (κ1) is 40.8. The van der Waals surface area contributed by atoms with E-state index in [2.05, 4.69) is 195 Å². The Balaban J connectivity index is 0.907. The van der Waals surface area contributed by atoms with Crippen LogP contribution in [0.25, 0.3) is 45.1 Å². The van der Waals surface area contributed by atoms with E-state index in [4.69, 9.17) is 29.0 Å². The number of rotatable bonds is 10. The smallest absolute Gasteiger partial charge is 0.227 e. The predicted octanol–water partition coefficient (Wildman–Crippen LogP) is 12.8. The molecule has 0 amide bonds. The van der Waals surface area contributed by atoms with E-state index in [9.17, 15) is 0 Å². The van der Waals surface area contributed by atoms with E-state index in [0.717, 1.165) is 103 Å². The number of oxazole rings is 2. The minimum atomic E-state index is -0.0225. The Labute approximate surface area is 384 Å². The summed E-state index contributed by atoms with van der Waals surface area (Å²) in [5.74, 6) is 1.21. The van der Waals surface area contributed by atoms with Crippen molar-refractivity contribution in [1.29, 1.82) is 0 Å². The van der Waals surface area contributed by atoms with Crippen molar-refractivity contribution in [2.75, 3.05) is 48.0 Å². The number of aryl methyl sites for hydroxylation is 2. The molecule has 2 aliphatic rings. The first-order chi connectivity index (χ1) is 32.1. The number of aromatic nitrogens is 2. The molecule has 2 aliphatic heterocycles. The molecule has 10 nitrogen and oxygen atoms in total. The lowest BCUT2D eigenvalue weighted by Gasteiger charge is -2.26. The van der Waals surface area contributed by atoms with Gasteiger partial charge in [0.25, 0.3) is 0 Å². The van der Waals surface area contributed by atoms with E-state index in [-0.39, 0.29) is 12.1 Å². The van der Waals surface area contributed by atoms with Crippen LogP contribution in [0.2, 0.25) is 0 Å². The number of hydrogen-bond donors (Lipinski definition) is 0. The number of anilines is 4. The van der Waals surface area contributed by atoms with Gasteiger partial charge in [-0.05, 0) is 144 Å². The van der Waals surface area contributed by atoms with Crippen molar-refractivity contribution < 1.29 is 8.83 Å². The molecule has 4 heterocycles. The third-order valence-electron chi connectivity index (χ3n) is 12.8. The van der Waals surface area contributed by atoms with Crippen LogP contribution in [-0.4, -0.2) is 49.6 Å². The van der Waals surface area contributed by atoms with E-state index < -0.39 is 0 Å². The highest BCUT2D eigenvalue weighted by molar-refractivity contribution is 6.04. The van der Waals surface area contributed by atoms with Gasteiger partial charge in [0.05, 0.1) is 34.9 Å². The molecule has 2 unspecified atom stereocenters. The van der Waals surface area contributed by atoms with Crippen molar-refractivity contribution in [3.05, 3.63) is 191 Å². The van der Waals surface area contributed by atoms with E-state index >= 15 is 0 Å². The van der Waals surface area contributed by atoms with Gasteiger partial charge in [-0.3, -0.25) is 10.0 Å². The van der Waals surface area contributed by atoms with Crippen molar-refractivity contribution in [2.45, 2.75) is 38.8 Å². The van der Waals surface area contributed by atoms with Gasteiger partial charge in [0.2, 0.25) is 11.8 Å². The maximum Gasteiger partial charge on any atom is 0.227 e. The number of hydrogen-bond acceptors (Lipinski definition) is 10. The van der Waals surface area contributed by atoms with Crippen LogP contribution < -0.4 is 19.8 Å². The quantitative estimate of drug-likeness (QED) is 0.134. The average Bonchev–Trinajstić information content (AvgIpc) is 4.17. The summed E-state index contributed by atoms with van der Waals surface area (Å²) in [4.78, 5) is 13.8. The summed E-state index contributed by atoms with van der Waals surface area (Å²) in [7, 11) is 8.25. The molecule has 0 spiro atoms. The summed E-state index contributed by atoms with van der Waals surface area (Å²) in [5.41, 5.74) is 18.4. The maximum atomic E-state index is 6.16. The predicted molar refractivity (Wildman–Crippen MR) is 269 cm³/mol. The summed E-state index contributed by atoms with van der Waals surface area (Å²) >= 11 is 0. The highest BCUT2D eigenvalue weighted by Crippen LogP contribution is 2.41. The van der Waals surface area contributed by atoms with Crippen molar-refractivity contribution in [3.8, 4) is 22.9 Å². The lowest BCUT2D eigenvalue weighted by atomic mass is 9.94. The number of fused-ring (bicyclic) bond motifs is 2. The Morgan fingerprint density at radius 3 is 1.17 bits per heavy atom. The Bertz CT molecular complexity index is 3050. The van der Waals surface area contributed by atoms with Crippen LogP contribution in [0.1, 0.15) is 58.3 Å². The summed E-state index contributed by atoms with van der Waals surface area (Å²) in [6.45, 7) is 4.13. The fourth-order valence-corrected chi connectivity index (χ4v) is 9.04. The van der Waals surface area contributed by atoms with E-state index in [1.54, 1.807) is 0 Å². The molecule has 0 radical (unpaired) electrons. The van der Waals surface area contributed by atoms with E-state index in [0.29, 0.717) is 11.8 Å². The van der Waals surface area contributed by atoms with Crippen LogP contribution in [0, 0.1) is 13.8 Å². The Hall–Kier alpha value is -7.98. The highest BCUT2D eigenvalue weighted by atomic mass is 16.4. The third-order valence-corrected chi connectivity index (χ3v) is 12.8. The fraction of sp³-hybridized carbons (Fsp3) is 0.179. The molecule has 9 aromatic rings. The van der Waals surface area contributed by atoms with Crippen molar-refractivity contribution >= 4 is 56.4 Å². The summed E-state index contributed by atoms with van der Waals surface area (Å²) in [5, 5.41) is 15.0. The second kappa shape index (κ2) is 16.5. The van der Waals surface area contributed by atoms with Crippen LogP contribution in [0.15, 0.2) is 177 Å². The first-order valence-electron chi connectivity index (χ1n) is 22.4. The van der Waals surface area contributed by atoms with Crippen LogP contribution in [-0.2, 0) is 0 Å². The van der Waals surface area contributed by atoms with Gasteiger partial charge >= 0.3 is 0 Å². The molecule has 0 saturated carbocycles. The lowest BCUT2D eigenvalue weighted by molar-refractivity contribution is 0.619.